The summed E-state index contributed by atoms with van der Waals surface area (Å²) in [7, 11) is 0. The van der Waals surface area contributed by atoms with Gasteiger partial charge in [0.1, 0.15) is 17.5 Å². The highest BCUT2D eigenvalue weighted by molar-refractivity contribution is 5.50. The molecule has 0 radical (unpaired) electrons. The summed E-state index contributed by atoms with van der Waals surface area (Å²) in [4.78, 5) is 11.6. The lowest BCUT2D eigenvalue weighted by atomic mass is 10.2. The monoisotopic (exact) mass is 278 g/mol. The molecule has 0 bridgehead atoms. The maximum atomic E-state index is 5.79. The summed E-state index contributed by atoms with van der Waals surface area (Å²) < 4.78 is 5.79. The third kappa shape index (κ3) is 3.60. The van der Waals surface area contributed by atoms with Gasteiger partial charge in [0.05, 0.1) is 12.2 Å². The lowest BCUT2D eigenvalue weighted by Crippen LogP contribution is -2.46. The van der Waals surface area contributed by atoms with Gasteiger partial charge in [0, 0.05) is 31.6 Å². The Hall–Kier alpha value is -1.36. The predicted octanol–water partition coefficient (Wildman–Crippen LogP) is 2.65. The lowest BCUT2D eigenvalue weighted by Gasteiger charge is -2.36. The van der Waals surface area contributed by atoms with Crippen LogP contribution in [0.3, 0.4) is 0 Å². The van der Waals surface area contributed by atoms with Gasteiger partial charge in [-0.1, -0.05) is 13.8 Å². The van der Waals surface area contributed by atoms with E-state index in [1.165, 1.54) is 0 Å². The van der Waals surface area contributed by atoms with Gasteiger partial charge in [-0.05, 0) is 20.8 Å². The van der Waals surface area contributed by atoms with E-state index in [1.807, 2.05) is 6.07 Å². The van der Waals surface area contributed by atoms with Crippen LogP contribution in [-0.2, 0) is 4.74 Å². The van der Waals surface area contributed by atoms with Crippen molar-refractivity contribution in [1.82, 2.24) is 9.97 Å². The van der Waals surface area contributed by atoms with Crippen molar-refractivity contribution in [3.05, 3.63) is 11.9 Å². The first-order valence-corrected chi connectivity index (χ1v) is 7.52. The number of nitrogens with zero attached hydrogens (tertiary/aromatic N) is 3. The number of morpholine rings is 1. The van der Waals surface area contributed by atoms with Crippen molar-refractivity contribution in [1.29, 1.82) is 0 Å². The zero-order valence-electron chi connectivity index (χ0n) is 13.2. The molecule has 1 aromatic heterocycles. The molecule has 5 heteroatoms. The minimum absolute atomic E-state index is 0.235. The molecule has 2 rings (SSSR count). The van der Waals surface area contributed by atoms with Crippen LogP contribution in [0.2, 0.25) is 0 Å². The molecule has 0 amide bonds. The molecule has 1 aliphatic rings. The number of hydrogen-bond acceptors (Lipinski definition) is 5. The number of ether oxygens (including phenoxy) is 1. The first kappa shape index (κ1) is 15.0. The summed E-state index contributed by atoms with van der Waals surface area (Å²) in [5, 5.41) is 3.30. The fourth-order valence-corrected chi connectivity index (χ4v) is 2.51. The Balaban J connectivity index is 2.29. The van der Waals surface area contributed by atoms with Crippen LogP contribution in [0.1, 0.15) is 46.4 Å². The van der Waals surface area contributed by atoms with Gasteiger partial charge in [-0.15, -0.1) is 0 Å². The van der Waals surface area contributed by atoms with Gasteiger partial charge >= 0.3 is 0 Å². The average molecular weight is 278 g/mol. The summed E-state index contributed by atoms with van der Waals surface area (Å²) in [5.41, 5.74) is 0. The molecular weight excluding hydrogens is 252 g/mol. The third-order valence-electron chi connectivity index (χ3n) is 3.35. The Labute approximate surface area is 121 Å². The Morgan fingerprint density at radius 3 is 2.50 bits per heavy atom. The fraction of sp³-hybridized carbons (Fsp3) is 0.733. The van der Waals surface area contributed by atoms with E-state index in [9.17, 15) is 0 Å². The van der Waals surface area contributed by atoms with E-state index in [0.29, 0.717) is 5.92 Å². The fourth-order valence-electron chi connectivity index (χ4n) is 2.51. The van der Waals surface area contributed by atoms with Crippen molar-refractivity contribution in [2.45, 2.75) is 52.7 Å². The Morgan fingerprint density at radius 1 is 1.30 bits per heavy atom. The minimum Gasteiger partial charge on any atom is -0.372 e. The zero-order valence-corrected chi connectivity index (χ0v) is 13.2. The van der Waals surface area contributed by atoms with Crippen molar-refractivity contribution < 1.29 is 4.74 Å². The van der Waals surface area contributed by atoms with E-state index >= 15 is 0 Å². The van der Waals surface area contributed by atoms with Crippen LogP contribution in [0.5, 0.6) is 0 Å². The molecule has 1 aliphatic heterocycles. The molecule has 1 saturated heterocycles. The van der Waals surface area contributed by atoms with E-state index in [-0.39, 0.29) is 12.2 Å². The van der Waals surface area contributed by atoms with Gasteiger partial charge in [0.25, 0.3) is 0 Å². The number of rotatable bonds is 4. The van der Waals surface area contributed by atoms with E-state index in [0.717, 1.165) is 37.1 Å². The summed E-state index contributed by atoms with van der Waals surface area (Å²) >= 11 is 0. The maximum Gasteiger partial charge on any atom is 0.135 e. The highest BCUT2D eigenvalue weighted by atomic mass is 16.5. The molecule has 0 saturated carbocycles. The molecular formula is C15H26N4O. The normalized spacial score (nSPS) is 23.2. The zero-order chi connectivity index (χ0) is 14.7. The van der Waals surface area contributed by atoms with Crippen LogP contribution in [0.4, 0.5) is 11.6 Å². The van der Waals surface area contributed by atoms with Crippen LogP contribution < -0.4 is 10.2 Å². The van der Waals surface area contributed by atoms with Crippen molar-refractivity contribution in [3.8, 4) is 0 Å². The first-order chi connectivity index (χ1) is 9.49. The Bertz CT molecular complexity index is 439. The summed E-state index contributed by atoms with van der Waals surface area (Å²) in [6, 6.07) is 2.04. The van der Waals surface area contributed by atoms with Gasteiger partial charge in [-0.25, -0.2) is 9.97 Å². The topological polar surface area (TPSA) is 50.3 Å². The molecule has 2 heterocycles. The van der Waals surface area contributed by atoms with E-state index in [4.69, 9.17) is 9.72 Å². The van der Waals surface area contributed by atoms with E-state index in [1.54, 1.807) is 0 Å². The number of anilines is 2. The minimum atomic E-state index is 0.235. The summed E-state index contributed by atoms with van der Waals surface area (Å²) in [6.07, 6.45) is 0.470. The van der Waals surface area contributed by atoms with E-state index in [2.05, 4.69) is 49.8 Å². The van der Waals surface area contributed by atoms with Gasteiger partial charge in [-0.3, -0.25) is 0 Å². The molecule has 0 aromatic carbocycles. The molecule has 2 atom stereocenters. The quantitative estimate of drug-likeness (QED) is 0.917. The number of nitrogens with one attached hydrogen (secondary N) is 1. The van der Waals surface area contributed by atoms with Crippen LogP contribution in [0, 0.1) is 0 Å². The average Bonchev–Trinajstić information content (AvgIpc) is 2.37. The van der Waals surface area contributed by atoms with Gasteiger partial charge in [0.15, 0.2) is 0 Å². The van der Waals surface area contributed by atoms with Crippen LogP contribution in [0.15, 0.2) is 6.07 Å². The number of aromatic nitrogens is 2. The smallest absolute Gasteiger partial charge is 0.135 e. The second-order valence-electron chi connectivity index (χ2n) is 5.82. The second-order valence-corrected chi connectivity index (χ2v) is 5.82. The summed E-state index contributed by atoms with van der Waals surface area (Å²) in [6.45, 7) is 13.2. The molecule has 1 fully saturated rings. The van der Waals surface area contributed by atoms with Crippen molar-refractivity contribution in [3.63, 3.8) is 0 Å². The summed E-state index contributed by atoms with van der Waals surface area (Å²) in [5.74, 6) is 3.13. The van der Waals surface area contributed by atoms with Crippen molar-refractivity contribution in [2.24, 2.45) is 0 Å². The maximum absolute atomic E-state index is 5.79. The molecule has 112 valence electrons. The Morgan fingerprint density at radius 2 is 1.95 bits per heavy atom. The SMILES string of the molecule is CCNc1cc(N2C[C@@H](C)O[C@@H](C)C2)nc(C(C)C)n1. The molecule has 1 aromatic rings. The Kier molecular flexibility index (Phi) is 4.81. The van der Waals surface area contributed by atoms with Crippen LogP contribution in [-0.4, -0.2) is 41.8 Å². The van der Waals surface area contributed by atoms with Gasteiger partial charge < -0.3 is 15.0 Å². The predicted molar refractivity (Wildman–Crippen MR) is 82.5 cm³/mol. The third-order valence-corrected chi connectivity index (χ3v) is 3.35. The van der Waals surface area contributed by atoms with E-state index < -0.39 is 0 Å². The highest BCUT2D eigenvalue weighted by Gasteiger charge is 2.24. The second kappa shape index (κ2) is 6.39. The molecule has 0 spiro atoms. The molecule has 1 N–H and O–H groups in total. The van der Waals surface area contributed by atoms with Crippen LogP contribution in [0.25, 0.3) is 0 Å². The largest absolute Gasteiger partial charge is 0.372 e. The standard InChI is InChI=1S/C15H26N4O/c1-6-16-13-7-14(18-15(17-13)10(2)3)19-8-11(4)20-12(5)9-19/h7,10-12H,6,8-9H2,1-5H3,(H,16,17,18)/t11-,12+. The highest BCUT2D eigenvalue weighted by Crippen LogP contribution is 2.23. The van der Waals surface area contributed by atoms with Gasteiger partial charge in [-0.2, -0.15) is 0 Å². The van der Waals surface area contributed by atoms with Crippen molar-refractivity contribution >= 4 is 11.6 Å². The molecule has 5 nitrogen and oxygen atoms in total. The first-order valence-electron chi connectivity index (χ1n) is 7.52. The van der Waals surface area contributed by atoms with Gasteiger partial charge in [0.2, 0.25) is 0 Å². The van der Waals surface area contributed by atoms with Crippen LogP contribution >= 0.6 is 0 Å². The lowest BCUT2D eigenvalue weighted by molar-refractivity contribution is -0.00547. The molecule has 20 heavy (non-hydrogen) atoms. The van der Waals surface area contributed by atoms with Crippen molar-refractivity contribution in [2.75, 3.05) is 29.9 Å². The molecule has 0 aliphatic carbocycles. The number of hydrogen-bond donors (Lipinski definition) is 1. The molecule has 0 unspecified atom stereocenters.